The molecule has 0 bridgehead atoms. The Labute approximate surface area is 112 Å². The van der Waals surface area contributed by atoms with E-state index in [2.05, 4.69) is 6.58 Å². The highest BCUT2D eigenvalue weighted by Crippen LogP contribution is 2.22. The molecule has 0 radical (unpaired) electrons. The predicted octanol–water partition coefficient (Wildman–Crippen LogP) is 1.26. The molecule has 1 aliphatic heterocycles. The van der Waals surface area contributed by atoms with Crippen LogP contribution in [0.4, 0.5) is 0 Å². The Morgan fingerprint density at radius 3 is 2.79 bits per heavy atom. The average Bonchev–Trinajstić information content (AvgIpc) is 2.37. The van der Waals surface area contributed by atoms with Gasteiger partial charge in [-0.25, -0.2) is 13.2 Å². The van der Waals surface area contributed by atoms with Gasteiger partial charge in [-0.1, -0.05) is 12.1 Å². The maximum absolute atomic E-state index is 12.0. The van der Waals surface area contributed by atoms with Gasteiger partial charge in [-0.05, 0) is 29.7 Å². The lowest BCUT2D eigenvalue weighted by molar-refractivity contribution is 0.0696. The minimum absolute atomic E-state index is 0.0963. The standard InChI is InChI=1S/C13H15NO4S/c1-2-7-19(17,18)14-6-5-10-3-4-11(13(15)16)8-12(10)9-14/h2-4,8H,1,5-7,9H2,(H,15,16). The van der Waals surface area contributed by atoms with Crippen molar-refractivity contribution in [2.24, 2.45) is 0 Å². The number of hydrogen-bond acceptors (Lipinski definition) is 3. The van der Waals surface area contributed by atoms with Crippen molar-refractivity contribution in [3.63, 3.8) is 0 Å². The summed E-state index contributed by atoms with van der Waals surface area (Å²) in [7, 11) is -3.34. The lowest BCUT2D eigenvalue weighted by Gasteiger charge is -2.27. The molecule has 0 saturated carbocycles. The van der Waals surface area contributed by atoms with E-state index in [0.717, 1.165) is 11.1 Å². The van der Waals surface area contributed by atoms with Crippen molar-refractivity contribution in [3.8, 4) is 0 Å². The number of aromatic carboxylic acids is 1. The highest BCUT2D eigenvalue weighted by molar-refractivity contribution is 7.89. The molecule has 6 heteroatoms. The third-order valence-corrected chi connectivity index (χ3v) is 4.91. The summed E-state index contributed by atoms with van der Waals surface area (Å²) in [5.41, 5.74) is 1.95. The van der Waals surface area contributed by atoms with Crippen LogP contribution >= 0.6 is 0 Å². The van der Waals surface area contributed by atoms with Gasteiger partial charge in [0.2, 0.25) is 10.0 Å². The zero-order chi connectivity index (χ0) is 14.0. The zero-order valence-corrected chi connectivity index (χ0v) is 11.2. The maximum Gasteiger partial charge on any atom is 0.335 e. The van der Waals surface area contributed by atoms with Crippen LogP contribution in [0.5, 0.6) is 0 Å². The van der Waals surface area contributed by atoms with Crippen molar-refractivity contribution in [2.45, 2.75) is 13.0 Å². The lowest BCUT2D eigenvalue weighted by Crippen LogP contribution is -2.37. The summed E-state index contributed by atoms with van der Waals surface area (Å²) in [5, 5.41) is 8.95. The molecule has 102 valence electrons. The third-order valence-electron chi connectivity index (χ3n) is 3.15. The van der Waals surface area contributed by atoms with E-state index in [0.29, 0.717) is 13.0 Å². The number of rotatable bonds is 4. The van der Waals surface area contributed by atoms with Gasteiger partial charge >= 0.3 is 5.97 Å². The number of benzene rings is 1. The Balaban J connectivity index is 2.30. The Bertz CT molecular complexity index is 622. The molecule has 1 aromatic rings. The molecule has 1 aromatic carbocycles. The number of carbonyl (C=O) groups is 1. The fourth-order valence-corrected chi connectivity index (χ4v) is 3.37. The summed E-state index contributed by atoms with van der Waals surface area (Å²) >= 11 is 0. The molecule has 0 atom stereocenters. The number of carboxylic acids is 1. The monoisotopic (exact) mass is 281 g/mol. The first-order valence-corrected chi connectivity index (χ1v) is 7.49. The highest BCUT2D eigenvalue weighted by atomic mass is 32.2. The topological polar surface area (TPSA) is 74.7 Å². The van der Waals surface area contributed by atoms with E-state index >= 15 is 0 Å². The predicted molar refractivity (Wildman–Crippen MR) is 71.5 cm³/mol. The molecule has 5 nitrogen and oxygen atoms in total. The molecule has 1 N–H and O–H groups in total. The van der Waals surface area contributed by atoms with Gasteiger partial charge in [0.25, 0.3) is 0 Å². The highest BCUT2D eigenvalue weighted by Gasteiger charge is 2.26. The van der Waals surface area contributed by atoms with Crippen molar-refractivity contribution >= 4 is 16.0 Å². The lowest BCUT2D eigenvalue weighted by atomic mass is 9.99. The Kier molecular flexibility index (Phi) is 3.73. The number of fused-ring (bicyclic) bond motifs is 1. The van der Waals surface area contributed by atoms with E-state index in [4.69, 9.17) is 5.11 Å². The zero-order valence-electron chi connectivity index (χ0n) is 10.4. The smallest absolute Gasteiger partial charge is 0.335 e. The van der Waals surface area contributed by atoms with Gasteiger partial charge in [0.05, 0.1) is 11.3 Å². The van der Waals surface area contributed by atoms with E-state index in [1.54, 1.807) is 18.2 Å². The van der Waals surface area contributed by atoms with Crippen molar-refractivity contribution in [1.82, 2.24) is 4.31 Å². The molecule has 0 saturated heterocycles. The number of nitrogens with zero attached hydrogens (tertiary/aromatic N) is 1. The summed E-state index contributed by atoms with van der Waals surface area (Å²) in [6, 6.07) is 4.86. The largest absolute Gasteiger partial charge is 0.478 e. The fraction of sp³-hybridized carbons (Fsp3) is 0.308. The van der Waals surface area contributed by atoms with Gasteiger partial charge in [-0.3, -0.25) is 0 Å². The van der Waals surface area contributed by atoms with Crippen LogP contribution in [0.25, 0.3) is 0 Å². The van der Waals surface area contributed by atoms with Crippen LogP contribution in [0.2, 0.25) is 0 Å². The number of sulfonamides is 1. The van der Waals surface area contributed by atoms with Crippen molar-refractivity contribution in [2.75, 3.05) is 12.3 Å². The van der Waals surface area contributed by atoms with Crippen molar-refractivity contribution in [3.05, 3.63) is 47.5 Å². The Hall–Kier alpha value is -1.66. The first-order chi connectivity index (χ1) is 8.94. The van der Waals surface area contributed by atoms with E-state index in [1.807, 2.05) is 0 Å². The van der Waals surface area contributed by atoms with Gasteiger partial charge in [-0.15, -0.1) is 6.58 Å². The van der Waals surface area contributed by atoms with Gasteiger partial charge in [0, 0.05) is 13.1 Å². The molecule has 0 aliphatic carbocycles. The molecule has 0 spiro atoms. The summed E-state index contributed by atoms with van der Waals surface area (Å²) in [6.07, 6.45) is 1.96. The summed E-state index contributed by atoms with van der Waals surface area (Å²) in [5.74, 6) is -1.10. The van der Waals surface area contributed by atoms with Gasteiger partial charge in [0.15, 0.2) is 0 Å². The van der Waals surface area contributed by atoms with Crippen LogP contribution in [0.15, 0.2) is 30.9 Å². The van der Waals surface area contributed by atoms with E-state index in [-0.39, 0.29) is 17.9 Å². The molecule has 0 unspecified atom stereocenters. The maximum atomic E-state index is 12.0. The summed E-state index contributed by atoms with van der Waals surface area (Å²) in [6.45, 7) is 4.09. The fourth-order valence-electron chi connectivity index (χ4n) is 2.16. The second-order valence-electron chi connectivity index (χ2n) is 4.44. The molecule has 2 rings (SSSR count). The van der Waals surface area contributed by atoms with Crippen LogP contribution in [0, 0.1) is 0 Å². The van der Waals surface area contributed by atoms with Crippen LogP contribution in [0.3, 0.4) is 0 Å². The summed E-state index contributed by atoms with van der Waals surface area (Å²) < 4.78 is 25.3. The quantitative estimate of drug-likeness (QED) is 0.843. The molecular formula is C13H15NO4S. The van der Waals surface area contributed by atoms with E-state index in [9.17, 15) is 13.2 Å². The van der Waals surface area contributed by atoms with Crippen LogP contribution in [-0.4, -0.2) is 36.1 Å². The van der Waals surface area contributed by atoms with Crippen LogP contribution in [-0.2, 0) is 23.0 Å². The van der Waals surface area contributed by atoms with E-state index < -0.39 is 16.0 Å². The Morgan fingerprint density at radius 1 is 1.42 bits per heavy atom. The molecule has 0 aromatic heterocycles. The van der Waals surface area contributed by atoms with Crippen LogP contribution < -0.4 is 0 Å². The number of carboxylic acid groups (broad SMARTS) is 1. The first-order valence-electron chi connectivity index (χ1n) is 5.88. The minimum atomic E-state index is -3.34. The van der Waals surface area contributed by atoms with Crippen LogP contribution in [0.1, 0.15) is 21.5 Å². The summed E-state index contributed by atoms with van der Waals surface area (Å²) in [4.78, 5) is 10.9. The SMILES string of the molecule is C=CCS(=O)(=O)N1CCc2ccc(C(=O)O)cc2C1. The normalized spacial score (nSPS) is 15.8. The minimum Gasteiger partial charge on any atom is -0.478 e. The van der Waals surface area contributed by atoms with Gasteiger partial charge in [0.1, 0.15) is 0 Å². The second-order valence-corrected chi connectivity index (χ2v) is 6.45. The molecule has 19 heavy (non-hydrogen) atoms. The molecular weight excluding hydrogens is 266 g/mol. The van der Waals surface area contributed by atoms with Crippen molar-refractivity contribution in [1.29, 1.82) is 0 Å². The van der Waals surface area contributed by atoms with E-state index in [1.165, 1.54) is 10.4 Å². The Morgan fingerprint density at radius 2 is 2.16 bits per heavy atom. The molecule has 1 aliphatic rings. The third kappa shape index (κ3) is 2.85. The number of hydrogen-bond donors (Lipinski definition) is 1. The molecule has 1 heterocycles. The average molecular weight is 281 g/mol. The first kappa shape index (κ1) is 13.8. The second kappa shape index (κ2) is 5.14. The molecule has 0 fully saturated rings. The molecule has 0 amide bonds. The van der Waals surface area contributed by atoms with Gasteiger partial charge < -0.3 is 5.11 Å². The van der Waals surface area contributed by atoms with Gasteiger partial charge in [-0.2, -0.15) is 4.31 Å². The van der Waals surface area contributed by atoms with Crippen molar-refractivity contribution < 1.29 is 18.3 Å².